The van der Waals surface area contributed by atoms with Crippen LogP contribution in [-0.2, 0) is 10.8 Å². The Morgan fingerprint density at radius 2 is 0.837 bits per heavy atom. The molecule has 0 bridgehead atoms. The van der Waals surface area contributed by atoms with Crippen LogP contribution in [0.4, 0.5) is 17.1 Å². The highest BCUT2D eigenvalue weighted by Crippen LogP contribution is 2.54. The van der Waals surface area contributed by atoms with Gasteiger partial charge < -0.3 is 4.90 Å². The third-order valence-corrected chi connectivity index (χ3v) is 11.6. The first-order valence-corrected chi connectivity index (χ1v) is 17.4. The van der Waals surface area contributed by atoms with E-state index in [1.165, 1.54) is 93.9 Å². The largest absolute Gasteiger partial charge is 0.310 e. The maximum absolute atomic E-state index is 2.51. The van der Waals surface area contributed by atoms with E-state index in [1.807, 2.05) is 0 Å². The fraction of sp³-hybridized carbons (Fsp3) is 0.125. The highest BCUT2D eigenvalue weighted by molar-refractivity contribution is 6.23. The molecule has 8 aromatic rings. The van der Waals surface area contributed by atoms with Gasteiger partial charge in [0.05, 0.1) is 5.69 Å². The summed E-state index contributed by atoms with van der Waals surface area (Å²) in [5, 5.41) is 7.64. The van der Waals surface area contributed by atoms with Crippen LogP contribution in [-0.4, -0.2) is 0 Å². The normalized spacial score (nSPS) is 14.9. The Labute approximate surface area is 288 Å². The summed E-state index contributed by atoms with van der Waals surface area (Å²) >= 11 is 0. The van der Waals surface area contributed by atoms with Crippen LogP contribution in [0.5, 0.6) is 0 Å². The van der Waals surface area contributed by atoms with Gasteiger partial charge in [-0.2, -0.15) is 0 Å². The van der Waals surface area contributed by atoms with Gasteiger partial charge in [0.2, 0.25) is 0 Å². The maximum atomic E-state index is 2.51. The van der Waals surface area contributed by atoms with E-state index < -0.39 is 0 Å². The van der Waals surface area contributed by atoms with Gasteiger partial charge in [-0.25, -0.2) is 0 Å². The molecule has 8 aromatic carbocycles. The highest BCUT2D eigenvalue weighted by atomic mass is 15.1. The molecule has 0 amide bonds. The first-order valence-electron chi connectivity index (χ1n) is 17.4. The van der Waals surface area contributed by atoms with Crippen LogP contribution < -0.4 is 4.90 Å². The molecule has 0 saturated heterocycles. The van der Waals surface area contributed by atoms with Crippen LogP contribution in [0.1, 0.15) is 49.9 Å². The molecule has 0 fully saturated rings. The fourth-order valence-corrected chi connectivity index (χ4v) is 9.17. The van der Waals surface area contributed by atoms with Gasteiger partial charge in [-0.1, -0.05) is 149 Å². The van der Waals surface area contributed by atoms with Crippen molar-refractivity contribution in [2.45, 2.75) is 38.5 Å². The predicted octanol–water partition coefficient (Wildman–Crippen LogP) is 13.2. The molecule has 0 unspecified atom stereocenters. The van der Waals surface area contributed by atoms with E-state index in [-0.39, 0.29) is 10.8 Å². The van der Waals surface area contributed by atoms with Crippen LogP contribution >= 0.6 is 0 Å². The summed E-state index contributed by atoms with van der Waals surface area (Å²) in [6.45, 7) is 9.43. The molecular weight excluding hydrogens is 591 g/mol. The van der Waals surface area contributed by atoms with Crippen molar-refractivity contribution in [1.82, 2.24) is 0 Å². The fourth-order valence-electron chi connectivity index (χ4n) is 9.17. The number of nitrogens with zero attached hydrogens (tertiary/aromatic N) is 1. The highest BCUT2D eigenvalue weighted by Gasteiger charge is 2.37. The van der Waals surface area contributed by atoms with Gasteiger partial charge in [-0.15, -0.1) is 0 Å². The number of anilines is 3. The van der Waals surface area contributed by atoms with E-state index in [0.29, 0.717) is 0 Å². The van der Waals surface area contributed by atoms with E-state index in [1.54, 1.807) is 0 Å². The second-order valence-corrected chi connectivity index (χ2v) is 15.0. The molecule has 0 heterocycles. The molecule has 0 radical (unpaired) electrons. The molecule has 234 valence electrons. The van der Waals surface area contributed by atoms with E-state index in [0.717, 1.165) is 0 Å². The zero-order valence-electron chi connectivity index (χ0n) is 28.4. The Morgan fingerprint density at radius 1 is 0.367 bits per heavy atom. The molecule has 0 N–H and O–H groups in total. The van der Waals surface area contributed by atoms with Crippen molar-refractivity contribution in [3.05, 3.63) is 174 Å². The van der Waals surface area contributed by atoms with Crippen LogP contribution in [0.3, 0.4) is 0 Å². The van der Waals surface area contributed by atoms with Gasteiger partial charge in [-0.05, 0) is 102 Å². The summed E-state index contributed by atoms with van der Waals surface area (Å²) in [5.74, 6) is 0. The average molecular weight is 628 g/mol. The smallest absolute Gasteiger partial charge is 0.0546 e. The molecular formula is C48H37N. The Bertz CT molecular complexity index is 2570. The van der Waals surface area contributed by atoms with Crippen LogP contribution in [0.15, 0.2) is 152 Å². The van der Waals surface area contributed by atoms with Crippen LogP contribution in [0, 0.1) is 0 Å². The average Bonchev–Trinajstić information content (AvgIpc) is 3.50. The summed E-state index contributed by atoms with van der Waals surface area (Å²) in [5.41, 5.74) is 14.3. The minimum Gasteiger partial charge on any atom is -0.310 e. The molecule has 0 aliphatic heterocycles. The molecule has 2 aliphatic rings. The van der Waals surface area contributed by atoms with Gasteiger partial charge in [0.25, 0.3) is 0 Å². The monoisotopic (exact) mass is 627 g/mol. The number of rotatable bonds is 3. The topological polar surface area (TPSA) is 3.24 Å². The quantitative estimate of drug-likeness (QED) is 0.176. The minimum absolute atomic E-state index is 0.0468. The van der Waals surface area contributed by atoms with Crippen molar-refractivity contribution in [2.24, 2.45) is 0 Å². The second-order valence-electron chi connectivity index (χ2n) is 15.0. The maximum Gasteiger partial charge on any atom is 0.0546 e. The van der Waals surface area contributed by atoms with Crippen molar-refractivity contribution in [3.8, 4) is 22.3 Å². The molecule has 49 heavy (non-hydrogen) atoms. The van der Waals surface area contributed by atoms with Gasteiger partial charge in [0.1, 0.15) is 0 Å². The van der Waals surface area contributed by atoms with Crippen LogP contribution in [0.2, 0.25) is 0 Å². The lowest BCUT2D eigenvalue weighted by Crippen LogP contribution is -2.16. The second kappa shape index (κ2) is 9.94. The third-order valence-electron chi connectivity index (χ3n) is 11.6. The van der Waals surface area contributed by atoms with Gasteiger partial charge in [0, 0.05) is 27.6 Å². The zero-order chi connectivity index (χ0) is 33.1. The number of hydrogen-bond donors (Lipinski definition) is 0. The van der Waals surface area contributed by atoms with E-state index in [9.17, 15) is 0 Å². The lowest BCUT2D eigenvalue weighted by molar-refractivity contribution is 0.660. The summed E-state index contributed by atoms with van der Waals surface area (Å²) in [6, 6.07) is 56.9. The summed E-state index contributed by atoms with van der Waals surface area (Å²) in [7, 11) is 0. The molecule has 0 saturated carbocycles. The Balaban J connectivity index is 1.28. The number of fused-ring (bicyclic) bond motifs is 11. The van der Waals surface area contributed by atoms with Crippen molar-refractivity contribution in [2.75, 3.05) is 4.90 Å². The van der Waals surface area contributed by atoms with E-state index in [4.69, 9.17) is 0 Å². The molecule has 10 rings (SSSR count). The van der Waals surface area contributed by atoms with Gasteiger partial charge in [-0.3, -0.25) is 0 Å². The van der Waals surface area contributed by atoms with Crippen molar-refractivity contribution in [3.63, 3.8) is 0 Å². The predicted molar refractivity (Wildman–Crippen MR) is 209 cm³/mol. The lowest BCUT2D eigenvalue weighted by Gasteiger charge is -2.30. The molecule has 2 aliphatic carbocycles. The van der Waals surface area contributed by atoms with Crippen molar-refractivity contribution >= 4 is 49.4 Å². The molecule has 0 aromatic heterocycles. The van der Waals surface area contributed by atoms with Crippen LogP contribution in [0.25, 0.3) is 54.6 Å². The summed E-state index contributed by atoms with van der Waals surface area (Å²) in [4.78, 5) is 2.51. The van der Waals surface area contributed by atoms with Gasteiger partial charge in [0.15, 0.2) is 0 Å². The molecule has 0 atom stereocenters. The van der Waals surface area contributed by atoms with E-state index >= 15 is 0 Å². The zero-order valence-corrected chi connectivity index (χ0v) is 28.4. The summed E-state index contributed by atoms with van der Waals surface area (Å²) < 4.78 is 0. The van der Waals surface area contributed by atoms with E-state index in [2.05, 4.69) is 184 Å². The molecule has 1 nitrogen and oxygen atoms in total. The van der Waals surface area contributed by atoms with Crippen molar-refractivity contribution in [1.29, 1.82) is 0 Å². The molecule has 1 heteroatoms. The molecule has 0 spiro atoms. The Hall–Kier alpha value is -5.66. The third kappa shape index (κ3) is 3.88. The Kier molecular flexibility index (Phi) is 5.75. The standard InChI is InChI=1S/C48H37N/c1-47(2)41-19-11-9-15-35(41)39-28-32(23-25-43(39)47)49(33-24-26-44-40(29-33)36-16-10-12-20-42(36)48(44,3)4)45-27-31-22-21-30-13-5-6-14-34(30)46(31)38-18-8-7-17-37(38)45/h5-29H,1-4H3. The van der Waals surface area contributed by atoms with Gasteiger partial charge >= 0.3 is 0 Å². The number of hydrogen-bond acceptors (Lipinski definition) is 1. The SMILES string of the molecule is CC1(C)c2ccccc2-c2cc(N(c3ccc4c(c3)-c3ccccc3C4(C)C)c3cc4ccc5ccccc5c4c4ccccc34)ccc21. The first kappa shape index (κ1) is 28.4. The first-order chi connectivity index (χ1) is 23.8. The summed E-state index contributed by atoms with van der Waals surface area (Å²) in [6.07, 6.45) is 0. The number of benzene rings is 8. The van der Waals surface area contributed by atoms with Crippen molar-refractivity contribution < 1.29 is 0 Å². The minimum atomic E-state index is -0.0468. The Morgan fingerprint density at radius 3 is 1.45 bits per heavy atom. The lowest BCUT2D eigenvalue weighted by atomic mass is 9.82.